The van der Waals surface area contributed by atoms with Crippen molar-refractivity contribution >= 4 is 84.4 Å². The average Bonchev–Trinajstić information content (AvgIpc) is 3.74. The van der Waals surface area contributed by atoms with E-state index in [0.717, 1.165) is 0 Å². The number of aromatic nitrogens is 4. The molecule has 0 spiro atoms. The number of aromatic hydroxyl groups is 2. The van der Waals surface area contributed by atoms with Gasteiger partial charge in [0.1, 0.15) is 22.1 Å². The first-order chi connectivity index (χ1) is 26.3. The van der Waals surface area contributed by atoms with Gasteiger partial charge in [-0.25, -0.2) is 4.79 Å². The smallest absolute Gasteiger partial charge is 0.335 e. The van der Waals surface area contributed by atoms with Crippen molar-refractivity contribution in [2.45, 2.75) is 26.0 Å². The molecule has 0 atom stereocenters. The van der Waals surface area contributed by atoms with Crippen molar-refractivity contribution in [2.24, 2.45) is 30.7 Å². The second kappa shape index (κ2) is 16.5. The van der Waals surface area contributed by atoms with Crippen LogP contribution in [0.4, 0.5) is 33.6 Å². The Morgan fingerprint density at radius 2 is 1.64 bits per heavy atom. The van der Waals surface area contributed by atoms with Gasteiger partial charge in [0, 0.05) is 17.2 Å². The van der Waals surface area contributed by atoms with Crippen LogP contribution in [-0.4, -0.2) is 66.6 Å². The summed E-state index contributed by atoms with van der Waals surface area (Å²) >= 11 is 5.41. The number of ether oxygens (including phenoxy) is 1. The highest BCUT2D eigenvalue weighted by Gasteiger charge is 2.17. The van der Waals surface area contributed by atoms with E-state index in [2.05, 4.69) is 58.6 Å². The number of phenolic OH excluding ortho intramolecular Hbond substituents is 1. The molecule has 0 saturated heterocycles. The van der Waals surface area contributed by atoms with Gasteiger partial charge in [0.25, 0.3) is 15.2 Å². The van der Waals surface area contributed by atoms with Crippen LogP contribution in [0.25, 0.3) is 16.5 Å². The lowest BCUT2D eigenvalue weighted by Gasteiger charge is -2.11. The Morgan fingerprint density at radius 1 is 0.891 bits per heavy atom. The molecule has 55 heavy (non-hydrogen) atoms. The number of carboxylic acids is 1. The monoisotopic (exact) mass is 802 g/mol. The third-order valence-corrected chi connectivity index (χ3v) is 9.89. The molecule has 6 aromatic rings. The highest BCUT2D eigenvalue weighted by atomic mass is 32.2. The van der Waals surface area contributed by atoms with Crippen LogP contribution in [0.5, 0.6) is 17.4 Å². The summed E-state index contributed by atoms with van der Waals surface area (Å²) in [6, 6.07) is 17.2. The Labute approximate surface area is 321 Å². The van der Waals surface area contributed by atoms with Crippen LogP contribution >= 0.6 is 24.0 Å². The van der Waals surface area contributed by atoms with Crippen molar-refractivity contribution in [2.75, 3.05) is 12.4 Å². The van der Waals surface area contributed by atoms with E-state index in [1.165, 1.54) is 40.3 Å². The van der Waals surface area contributed by atoms with E-state index in [0.29, 0.717) is 55.0 Å². The first kappa shape index (κ1) is 38.6. The number of fused-ring (bicyclic) bond motifs is 1. The summed E-state index contributed by atoms with van der Waals surface area (Å²) in [6.07, 6.45) is -0.000578. The van der Waals surface area contributed by atoms with Gasteiger partial charge in [-0.1, -0.05) is 17.4 Å². The lowest BCUT2D eigenvalue weighted by molar-refractivity contribution is 0.0697. The van der Waals surface area contributed by atoms with Crippen LogP contribution in [-0.2, 0) is 15.9 Å². The molecule has 4 aromatic carbocycles. The van der Waals surface area contributed by atoms with Crippen LogP contribution in [0.1, 0.15) is 33.0 Å². The Bertz CT molecular complexity index is 2610. The fourth-order valence-electron chi connectivity index (χ4n) is 5.03. The van der Waals surface area contributed by atoms with E-state index in [1.54, 1.807) is 56.3 Å². The fourth-order valence-corrected chi connectivity index (χ4v) is 6.29. The lowest BCUT2D eigenvalue weighted by Crippen LogP contribution is -2.08. The molecule has 0 aliphatic rings. The molecule has 6 rings (SSSR count). The molecule has 0 aliphatic heterocycles. The maximum absolute atomic E-state index is 11.2. The summed E-state index contributed by atoms with van der Waals surface area (Å²) in [5.41, 5.74) is 2.90. The number of azo groups is 3. The van der Waals surface area contributed by atoms with Crippen molar-refractivity contribution in [1.82, 2.24) is 20.0 Å². The van der Waals surface area contributed by atoms with Gasteiger partial charge in [-0.15, -0.1) is 35.8 Å². The first-order valence-corrected chi connectivity index (χ1v) is 19.1. The Kier molecular flexibility index (Phi) is 11.5. The van der Waals surface area contributed by atoms with Crippen LogP contribution in [0.2, 0.25) is 0 Å². The molecular formula is C34H30N10O8S3. The zero-order valence-corrected chi connectivity index (χ0v) is 31.4. The number of hydrogen-bond acceptors (Lipinski definition) is 17. The number of carboxylic acid groups (broad SMARTS) is 1. The summed E-state index contributed by atoms with van der Waals surface area (Å²) in [5, 5.41) is 70.8. The number of hydrogen-bond donors (Lipinski definition) is 5. The molecule has 0 bridgehead atoms. The molecule has 2 aromatic heterocycles. The number of phenols is 1. The molecule has 282 valence electrons. The van der Waals surface area contributed by atoms with Gasteiger partial charge in [0.15, 0.2) is 11.4 Å². The summed E-state index contributed by atoms with van der Waals surface area (Å²) < 4.78 is 38.6. The maximum Gasteiger partial charge on any atom is 0.335 e. The molecule has 21 heteroatoms. The number of benzene rings is 4. The van der Waals surface area contributed by atoms with Crippen molar-refractivity contribution in [3.05, 3.63) is 88.6 Å². The minimum absolute atomic E-state index is 0.000578. The molecule has 0 unspecified atom stereocenters. The molecular weight excluding hydrogens is 773 g/mol. The Morgan fingerprint density at radius 3 is 2.35 bits per heavy atom. The minimum atomic E-state index is -4.19. The minimum Gasteiger partial charge on any atom is -0.505 e. The lowest BCUT2D eigenvalue weighted by atomic mass is 10.1. The van der Waals surface area contributed by atoms with Gasteiger partial charge in [0.2, 0.25) is 5.88 Å². The highest BCUT2D eigenvalue weighted by Crippen LogP contribution is 2.41. The van der Waals surface area contributed by atoms with Crippen LogP contribution in [0, 0.1) is 13.8 Å². The summed E-state index contributed by atoms with van der Waals surface area (Å²) in [5.74, 6) is -1.41. The molecule has 0 radical (unpaired) electrons. The van der Waals surface area contributed by atoms with Gasteiger partial charge < -0.3 is 20.1 Å². The molecule has 0 aliphatic carbocycles. The normalized spacial score (nSPS) is 12.1. The van der Waals surface area contributed by atoms with Crippen molar-refractivity contribution < 1.29 is 37.8 Å². The van der Waals surface area contributed by atoms with Crippen molar-refractivity contribution in [3.63, 3.8) is 0 Å². The van der Waals surface area contributed by atoms with E-state index in [-0.39, 0.29) is 53.0 Å². The zero-order valence-electron chi connectivity index (χ0n) is 28.8. The van der Waals surface area contributed by atoms with Crippen molar-refractivity contribution in [3.8, 4) is 23.1 Å². The average molecular weight is 803 g/mol. The molecule has 2 heterocycles. The van der Waals surface area contributed by atoms with E-state index in [4.69, 9.17) is 14.4 Å². The van der Waals surface area contributed by atoms with Crippen LogP contribution in [0.15, 0.2) is 97.4 Å². The molecule has 18 nitrogen and oxygen atoms in total. The van der Waals surface area contributed by atoms with E-state index >= 15 is 0 Å². The summed E-state index contributed by atoms with van der Waals surface area (Å²) in [7, 11) is -4.19. The first-order valence-electron chi connectivity index (χ1n) is 16.1. The highest BCUT2D eigenvalue weighted by molar-refractivity contribution is 7.85. The third kappa shape index (κ3) is 9.32. The third-order valence-electron chi connectivity index (χ3n) is 7.76. The molecule has 0 saturated carbocycles. The van der Waals surface area contributed by atoms with Gasteiger partial charge in [-0.05, 0) is 85.8 Å². The van der Waals surface area contributed by atoms with E-state index < -0.39 is 21.8 Å². The molecule has 0 fully saturated rings. The number of aryl methyl sites for hydroxylation is 2. The van der Waals surface area contributed by atoms with Gasteiger partial charge in [0.05, 0.1) is 40.7 Å². The number of rotatable bonds is 14. The topological polar surface area (TPSA) is 259 Å². The van der Waals surface area contributed by atoms with E-state index in [1.807, 2.05) is 0 Å². The molecule has 4 N–H and O–H groups in total. The SMILES string of the molecule is Cc1cc(N=Nc2ccc3cc(N=Nc4c(C)nn(-c5ccc(C(=O)O)cc5)c4O)ccc3c2O)c(OCCCS(=O)(=O)O)cc1N=Nc1nnc(CS)s1. The number of carbonyl (C=O) groups is 1. The second-order valence-corrected chi connectivity index (χ2v) is 14.6. The largest absolute Gasteiger partial charge is 0.505 e. The summed E-state index contributed by atoms with van der Waals surface area (Å²) in [6.45, 7) is 3.34. The van der Waals surface area contributed by atoms with E-state index in [9.17, 15) is 23.4 Å². The van der Waals surface area contributed by atoms with Gasteiger partial charge in [-0.3, -0.25) is 4.55 Å². The molecule has 0 amide bonds. The number of nitrogens with zero attached hydrogens (tertiary/aromatic N) is 10. The predicted octanol–water partition coefficient (Wildman–Crippen LogP) is 8.94. The maximum atomic E-state index is 11.2. The quantitative estimate of drug-likeness (QED) is 0.0300. The van der Waals surface area contributed by atoms with Crippen LogP contribution < -0.4 is 4.74 Å². The fraction of sp³-hybridized carbons (Fsp3) is 0.176. The van der Waals surface area contributed by atoms with Gasteiger partial charge >= 0.3 is 5.97 Å². The predicted molar refractivity (Wildman–Crippen MR) is 205 cm³/mol. The Balaban J connectivity index is 1.23. The standard InChI is InChI=1S/C34H30N10O8S3/c1-18-14-27(28(52-12-3-13-55(49,50)51)16-26(18)37-41-34-42-39-29(17-53)54-34)38-36-25-11-6-21-15-22(7-10-24(21)31(25)45)35-40-30-19(2)43-44(32(30)46)23-8-4-20(5-9-23)33(47)48/h4-11,14-16,45-46,53H,3,12-13,17H2,1-2H3,(H,47,48)(H,49,50,51). The van der Waals surface area contributed by atoms with Crippen molar-refractivity contribution in [1.29, 1.82) is 0 Å². The summed E-state index contributed by atoms with van der Waals surface area (Å²) in [4.78, 5) is 11.2. The number of thiol groups is 1. The number of aromatic carboxylic acids is 1. The van der Waals surface area contributed by atoms with Gasteiger partial charge in [-0.2, -0.15) is 35.9 Å². The zero-order chi connectivity index (χ0) is 39.3. The Hall–Kier alpha value is -6.16. The van der Waals surface area contributed by atoms with Crippen LogP contribution in [0.3, 0.4) is 0 Å². The second-order valence-electron chi connectivity index (χ2n) is 11.7.